The molecule has 1 saturated heterocycles. The van der Waals surface area contributed by atoms with Crippen LogP contribution in [0.1, 0.15) is 24.0 Å². The maximum Gasteiger partial charge on any atom is 0.264 e. The van der Waals surface area contributed by atoms with Crippen molar-refractivity contribution in [3.8, 4) is 5.75 Å². The van der Waals surface area contributed by atoms with Crippen LogP contribution in [-0.2, 0) is 26.2 Å². The van der Waals surface area contributed by atoms with Crippen molar-refractivity contribution in [2.24, 2.45) is 0 Å². The van der Waals surface area contributed by atoms with Gasteiger partial charge in [-0.3, -0.25) is 13.9 Å². The molecule has 2 amide bonds. The number of rotatable bonds is 9. The van der Waals surface area contributed by atoms with E-state index in [9.17, 15) is 18.0 Å². The third kappa shape index (κ3) is 6.06. The van der Waals surface area contributed by atoms with Crippen LogP contribution in [0.3, 0.4) is 0 Å². The number of carbonyl (C=O) groups excluding carboxylic acids is 2. The molecule has 1 fully saturated rings. The van der Waals surface area contributed by atoms with Gasteiger partial charge in [0, 0.05) is 30.2 Å². The third-order valence-corrected chi connectivity index (χ3v) is 8.10. The van der Waals surface area contributed by atoms with Crippen LogP contribution < -0.4 is 19.3 Å². The van der Waals surface area contributed by atoms with Gasteiger partial charge in [0.25, 0.3) is 10.0 Å². The molecular formula is C27H28ClN3O5S. The third-order valence-electron chi connectivity index (χ3n) is 6.09. The quantitative estimate of drug-likeness (QED) is 0.436. The van der Waals surface area contributed by atoms with Gasteiger partial charge in [0.05, 0.1) is 17.7 Å². The summed E-state index contributed by atoms with van der Waals surface area (Å²) in [5.41, 5.74) is 2.63. The molecule has 4 rings (SSSR count). The highest BCUT2D eigenvalue weighted by molar-refractivity contribution is 7.92. The minimum atomic E-state index is -4.13. The van der Waals surface area contributed by atoms with E-state index in [1.54, 1.807) is 29.2 Å². The molecule has 1 heterocycles. The number of nitrogens with one attached hydrogen (secondary N) is 1. The van der Waals surface area contributed by atoms with Crippen LogP contribution in [-0.4, -0.2) is 40.4 Å². The lowest BCUT2D eigenvalue weighted by Gasteiger charge is -2.26. The first kappa shape index (κ1) is 26.5. The highest BCUT2D eigenvalue weighted by Gasteiger charge is 2.30. The number of aryl methyl sites for hydroxylation is 1. The molecule has 0 unspecified atom stereocenters. The molecule has 8 nitrogen and oxygen atoms in total. The van der Waals surface area contributed by atoms with E-state index >= 15 is 0 Å². The molecule has 0 atom stereocenters. The molecule has 37 heavy (non-hydrogen) atoms. The van der Waals surface area contributed by atoms with E-state index in [1.165, 1.54) is 25.3 Å². The smallest absolute Gasteiger partial charge is 0.264 e. The van der Waals surface area contributed by atoms with Crippen LogP contribution in [0.15, 0.2) is 71.6 Å². The molecule has 1 aliphatic heterocycles. The fraction of sp³-hybridized carbons (Fsp3) is 0.259. The highest BCUT2D eigenvalue weighted by atomic mass is 35.5. The Morgan fingerprint density at radius 1 is 1.11 bits per heavy atom. The minimum absolute atomic E-state index is 0.0379. The van der Waals surface area contributed by atoms with Gasteiger partial charge in [-0.15, -0.1) is 0 Å². The van der Waals surface area contributed by atoms with Gasteiger partial charge < -0.3 is 15.0 Å². The summed E-state index contributed by atoms with van der Waals surface area (Å²) >= 11 is 6.19. The number of anilines is 2. The van der Waals surface area contributed by atoms with E-state index in [0.717, 1.165) is 27.5 Å². The number of carbonyl (C=O) groups is 2. The van der Waals surface area contributed by atoms with Crippen molar-refractivity contribution in [2.75, 3.05) is 29.4 Å². The number of amides is 2. The SMILES string of the molecule is COc1ccc(Cl)cc1N(CC(=O)NCc1cccc(N2CCCC2=O)c1)S(=O)(=O)c1ccc(C)cc1. The summed E-state index contributed by atoms with van der Waals surface area (Å²) in [6, 6.07) is 18.3. The predicted molar refractivity (Wildman–Crippen MR) is 144 cm³/mol. The van der Waals surface area contributed by atoms with E-state index in [4.69, 9.17) is 16.3 Å². The number of benzene rings is 3. The summed E-state index contributed by atoms with van der Waals surface area (Å²) in [5, 5.41) is 3.09. The number of methoxy groups -OCH3 is 1. The van der Waals surface area contributed by atoms with Crippen molar-refractivity contribution >= 4 is 44.8 Å². The van der Waals surface area contributed by atoms with Crippen molar-refractivity contribution < 1.29 is 22.7 Å². The number of sulfonamides is 1. The molecule has 0 aromatic heterocycles. The summed E-state index contributed by atoms with van der Waals surface area (Å²) < 4.78 is 33.7. The van der Waals surface area contributed by atoms with Crippen molar-refractivity contribution in [1.82, 2.24) is 5.32 Å². The normalized spacial score (nSPS) is 13.5. The van der Waals surface area contributed by atoms with Crippen LogP contribution in [0.4, 0.5) is 11.4 Å². The summed E-state index contributed by atoms with van der Waals surface area (Å²) in [6.07, 6.45) is 1.34. The van der Waals surface area contributed by atoms with Crippen LogP contribution in [0, 0.1) is 6.92 Å². The lowest BCUT2D eigenvalue weighted by atomic mass is 10.2. The van der Waals surface area contributed by atoms with E-state index in [1.807, 2.05) is 31.2 Å². The molecule has 0 radical (unpaired) electrons. The van der Waals surface area contributed by atoms with Gasteiger partial charge in [0.2, 0.25) is 11.8 Å². The Morgan fingerprint density at radius 2 is 1.86 bits per heavy atom. The zero-order chi connectivity index (χ0) is 26.6. The van der Waals surface area contributed by atoms with Crippen LogP contribution in [0.5, 0.6) is 5.75 Å². The van der Waals surface area contributed by atoms with Crippen molar-refractivity contribution in [3.05, 3.63) is 82.9 Å². The van der Waals surface area contributed by atoms with Gasteiger partial charge >= 0.3 is 0 Å². The van der Waals surface area contributed by atoms with E-state index in [2.05, 4.69) is 5.32 Å². The van der Waals surface area contributed by atoms with Crippen LogP contribution in [0.2, 0.25) is 5.02 Å². The number of hydrogen-bond donors (Lipinski definition) is 1. The number of nitrogens with zero attached hydrogens (tertiary/aromatic N) is 2. The second-order valence-electron chi connectivity index (χ2n) is 8.74. The van der Waals surface area contributed by atoms with E-state index in [-0.39, 0.29) is 28.8 Å². The summed E-state index contributed by atoms with van der Waals surface area (Å²) in [6.45, 7) is 2.20. The number of hydrogen-bond acceptors (Lipinski definition) is 5. The molecular weight excluding hydrogens is 514 g/mol. The maximum atomic E-state index is 13.7. The highest BCUT2D eigenvalue weighted by Crippen LogP contribution is 2.35. The fourth-order valence-electron chi connectivity index (χ4n) is 4.14. The van der Waals surface area contributed by atoms with Crippen LogP contribution in [0.25, 0.3) is 0 Å². The van der Waals surface area contributed by atoms with Crippen molar-refractivity contribution in [2.45, 2.75) is 31.2 Å². The topological polar surface area (TPSA) is 96.0 Å². The monoisotopic (exact) mass is 541 g/mol. The lowest BCUT2D eigenvalue weighted by molar-refractivity contribution is -0.120. The van der Waals surface area contributed by atoms with Gasteiger partial charge in [-0.05, 0) is 61.4 Å². The number of ether oxygens (including phenoxy) is 1. The minimum Gasteiger partial charge on any atom is -0.495 e. The molecule has 0 bridgehead atoms. The van der Waals surface area contributed by atoms with Gasteiger partial charge in [-0.2, -0.15) is 0 Å². The van der Waals surface area contributed by atoms with Crippen LogP contribution >= 0.6 is 11.6 Å². The molecule has 10 heteroatoms. The number of halogens is 1. The summed E-state index contributed by atoms with van der Waals surface area (Å²) in [7, 11) is -2.71. The zero-order valence-electron chi connectivity index (χ0n) is 20.6. The second-order valence-corrected chi connectivity index (χ2v) is 11.0. The first-order valence-corrected chi connectivity index (χ1v) is 13.6. The first-order chi connectivity index (χ1) is 17.7. The van der Waals surface area contributed by atoms with E-state index in [0.29, 0.717) is 18.0 Å². The Hall–Kier alpha value is -3.56. The molecule has 3 aromatic carbocycles. The van der Waals surface area contributed by atoms with Gasteiger partial charge in [0.15, 0.2) is 0 Å². The molecule has 0 saturated carbocycles. The lowest BCUT2D eigenvalue weighted by Crippen LogP contribution is -2.41. The van der Waals surface area contributed by atoms with Crippen molar-refractivity contribution in [1.29, 1.82) is 0 Å². The van der Waals surface area contributed by atoms with Gasteiger partial charge in [0.1, 0.15) is 12.3 Å². The Labute approximate surface area is 221 Å². The second kappa shape index (κ2) is 11.2. The fourth-order valence-corrected chi connectivity index (χ4v) is 5.73. The van der Waals surface area contributed by atoms with Gasteiger partial charge in [-0.25, -0.2) is 8.42 Å². The molecule has 0 spiro atoms. The van der Waals surface area contributed by atoms with E-state index < -0.39 is 22.5 Å². The average Bonchev–Trinajstić information content (AvgIpc) is 3.32. The summed E-state index contributed by atoms with van der Waals surface area (Å²) in [5.74, 6) is -0.176. The molecule has 1 aliphatic rings. The Kier molecular flexibility index (Phi) is 8.04. The standard InChI is InChI=1S/C27H28ClN3O5S/c1-19-8-11-23(12-9-19)37(34,35)31(24-16-21(28)10-13-25(24)36-2)18-26(32)29-17-20-5-3-6-22(15-20)30-14-4-7-27(30)33/h3,5-6,8-13,15-16H,4,7,14,17-18H2,1-2H3,(H,29,32). The predicted octanol–water partition coefficient (Wildman–Crippen LogP) is 4.30. The first-order valence-electron chi connectivity index (χ1n) is 11.8. The summed E-state index contributed by atoms with van der Waals surface area (Å²) in [4.78, 5) is 26.9. The van der Waals surface area contributed by atoms with Gasteiger partial charge in [-0.1, -0.05) is 41.4 Å². The Bertz CT molecular complexity index is 1410. The molecule has 0 aliphatic carbocycles. The average molecular weight is 542 g/mol. The Morgan fingerprint density at radius 3 is 2.54 bits per heavy atom. The Balaban J connectivity index is 1.58. The molecule has 1 N–H and O–H groups in total. The maximum absolute atomic E-state index is 13.7. The zero-order valence-corrected chi connectivity index (χ0v) is 22.2. The van der Waals surface area contributed by atoms with Crippen molar-refractivity contribution in [3.63, 3.8) is 0 Å². The molecule has 3 aromatic rings. The largest absolute Gasteiger partial charge is 0.495 e. The molecule has 194 valence electrons.